The van der Waals surface area contributed by atoms with Crippen molar-refractivity contribution in [2.75, 3.05) is 24.0 Å². The molecule has 1 aliphatic heterocycles. The Labute approximate surface area is 215 Å². The average Bonchev–Trinajstić information content (AvgIpc) is 3.28. The SMILES string of the molecule is COC(=O)N1c2ccc3c(nc(N(C)c4ccccc4Cl)n3[C@@H]3CCC[C@@H](C(=O)O)C3)c2CCC1C. The molecule has 36 heavy (non-hydrogen) atoms. The molecule has 1 aromatic heterocycles. The summed E-state index contributed by atoms with van der Waals surface area (Å²) in [6, 6.07) is 11.6. The van der Waals surface area contributed by atoms with E-state index >= 15 is 0 Å². The number of aromatic nitrogens is 2. The van der Waals surface area contributed by atoms with Crippen molar-refractivity contribution in [3.63, 3.8) is 0 Å². The highest BCUT2D eigenvalue weighted by Gasteiger charge is 2.35. The second-order valence-electron chi connectivity index (χ2n) is 9.81. The zero-order chi connectivity index (χ0) is 25.6. The molecule has 8 nitrogen and oxygen atoms in total. The van der Waals surface area contributed by atoms with E-state index in [9.17, 15) is 14.7 Å². The molecule has 1 saturated carbocycles. The number of aryl methyl sites for hydroxylation is 1. The Balaban J connectivity index is 1.71. The number of carboxylic acids is 1. The number of imidazole rings is 1. The number of carbonyl (C=O) groups excluding carboxylic acids is 1. The summed E-state index contributed by atoms with van der Waals surface area (Å²) in [5, 5.41) is 10.4. The average molecular weight is 511 g/mol. The number of para-hydroxylation sites is 1. The highest BCUT2D eigenvalue weighted by molar-refractivity contribution is 6.33. The quantitative estimate of drug-likeness (QED) is 0.451. The number of anilines is 3. The lowest BCUT2D eigenvalue weighted by Crippen LogP contribution is -2.42. The van der Waals surface area contributed by atoms with E-state index in [4.69, 9.17) is 21.3 Å². The van der Waals surface area contributed by atoms with E-state index in [0.29, 0.717) is 23.8 Å². The van der Waals surface area contributed by atoms with Crippen LogP contribution in [0.4, 0.5) is 22.1 Å². The zero-order valence-electron chi connectivity index (χ0n) is 20.8. The van der Waals surface area contributed by atoms with Gasteiger partial charge in [0.25, 0.3) is 0 Å². The number of carbonyl (C=O) groups is 2. The Morgan fingerprint density at radius 1 is 1.17 bits per heavy atom. The molecule has 0 bridgehead atoms. The van der Waals surface area contributed by atoms with Gasteiger partial charge in [0.15, 0.2) is 0 Å². The predicted octanol–water partition coefficient (Wildman–Crippen LogP) is 6.18. The van der Waals surface area contributed by atoms with E-state index in [-0.39, 0.29) is 24.1 Å². The van der Waals surface area contributed by atoms with Crippen molar-refractivity contribution in [1.29, 1.82) is 0 Å². The minimum Gasteiger partial charge on any atom is -0.481 e. The van der Waals surface area contributed by atoms with E-state index in [2.05, 4.69) is 4.57 Å². The Morgan fingerprint density at radius 3 is 2.67 bits per heavy atom. The largest absolute Gasteiger partial charge is 0.481 e. The van der Waals surface area contributed by atoms with Crippen molar-refractivity contribution >= 4 is 52.0 Å². The van der Waals surface area contributed by atoms with Crippen LogP contribution in [0.25, 0.3) is 11.0 Å². The number of benzene rings is 2. The molecule has 2 heterocycles. The van der Waals surface area contributed by atoms with Crippen LogP contribution in [0, 0.1) is 5.92 Å². The van der Waals surface area contributed by atoms with Crippen LogP contribution in [0.5, 0.6) is 0 Å². The minimum atomic E-state index is -0.745. The molecule has 0 saturated heterocycles. The van der Waals surface area contributed by atoms with E-state index in [1.165, 1.54) is 7.11 Å². The molecule has 5 rings (SSSR count). The molecule has 0 spiro atoms. The number of methoxy groups -OCH3 is 1. The van der Waals surface area contributed by atoms with E-state index in [1.807, 2.05) is 55.3 Å². The summed E-state index contributed by atoms with van der Waals surface area (Å²) in [5.41, 5.74) is 4.42. The fourth-order valence-corrected chi connectivity index (χ4v) is 6.08. The lowest BCUT2D eigenvalue weighted by molar-refractivity contribution is -0.143. The van der Waals surface area contributed by atoms with Crippen LogP contribution in [-0.4, -0.2) is 46.9 Å². The van der Waals surface area contributed by atoms with Crippen LogP contribution in [0.3, 0.4) is 0 Å². The van der Waals surface area contributed by atoms with Crippen LogP contribution in [0.2, 0.25) is 5.02 Å². The van der Waals surface area contributed by atoms with Gasteiger partial charge in [-0.15, -0.1) is 0 Å². The molecular formula is C27H31ClN4O4. The van der Waals surface area contributed by atoms with Crippen molar-refractivity contribution in [2.24, 2.45) is 5.92 Å². The van der Waals surface area contributed by atoms with Gasteiger partial charge < -0.3 is 19.3 Å². The van der Waals surface area contributed by atoms with Gasteiger partial charge in [-0.3, -0.25) is 9.69 Å². The maximum atomic E-state index is 12.6. The number of nitrogens with zero attached hydrogens (tertiary/aromatic N) is 4. The summed E-state index contributed by atoms with van der Waals surface area (Å²) in [6.07, 6.45) is 4.16. The Kier molecular flexibility index (Phi) is 6.55. The van der Waals surface area contributed by atoms with Crippen LogP contribution in [0.15, 0.2) is 36.4 Å². The third-order valence-electron chi connectivity index (χ3n) is 7.68. The molecule has 2 aliphatic rings. The molecule has 3 atom stereocenters. The summed E-state index contributed by atoms with van der Waals surface area (Å²) >= 11 is 6.56. The first kappa shape index (κ1) is 24.4. The molecule has 190 valence electrons. The molecule has 1 fully saturated rings. The normalized spacial score (nSPS) is 21.8. The molecule has 9 heteroatoms. The number of hydrogen-bond donors (Lipinski definition) is 1. The highest BCUT2D eigenvalue weighted by Crippen LogP contribution is 2.43. The van der Waals surface area contributed by atoms with Gasteiger partial charge in [0, 0.05) is 24.7 Å². The molecule has 1 amide bonds. The topological polar surface area (TPSA) is 87.9 Å². The van der Waals surface area contributed by atoms with E-state index in [0.717, 1.165) is 53.7 Å². The lowest BCUT2D eigenvalue weighted by Gasteiger charge is -2.34. The fourth-order valence-electron chi connectivity index (χ4n) is 5.81. The third kappa shape index (κ3) is 4.07. The van der Waals surface area contributed by atoms with Gasteiger partial charge in [-0.1, -0.05) is 30.2 Å². The van der Waals surface area contributed by atoms with Crippen LogP contribution >= 0.6 is 11.6 Å². The highest BCUT2D eigenvalue weighted by atomic mass is 35.5. The number of ether oxygens (including phenoxy) is 1. The Hall–Kier alpha value is -3.26. The fraction of sp³-hybridized carbons (Fsp3) is 0.444. The maximum Gasteiger partial charge on any atom is 0.414 e. The Bertz CT molecular complexity index is 1320. The van der Waals surface area contributed by atoms with Gasteiger partial charge in [-0.2, -0.15) is 0 Å². The van der Waals surface area contributed by atoms with Gasteiger partial charge in [0.1, 0.15) is 0 Å². The lowest BCUT2D eigenvalue weighted by atomic mass is 9.85. The second-order valence-corrected chi connectivity index (χ2v) is 10.2. The summed E-state index contributed by atoms with van der Waals surface area (Å²) in [6.45, 7) is 2.02. The molecule has 1 unspecified atom stereocenters. The number of halogens is 1. The van der Waals surface area contributed by atoms with Crippen LogP contribution in [0.1, 0.15) is 50.6 Å². The van der Waals surface area contributed by atoms with Crippen molar-refractivity contribution in [2.45, 2.75) is 57.5 Å². The van der Waals surface area contributed by atoms with Crippen molar-refractivity contribution in [3.8, 4) is 0 Å². The molecular weight excluding hydrogens is 480 g/mol. The summed E-state index contributed by atoms with van der Waals surface area (Å²) < 4.78 is 7.27. The smallest absolute Gasteiger partial charge is 0.414 e. The van der Waals surface area contributed by atoms with Crippen LogP contribution in [-0.2, 0) is 16.0 Å². The van der Waals surface area contributed by atoms with Crippen LogP contribution < -0.4 is 9.80 Å². The first-order valence-corrected chi connectivity index (χ1v) is 12.8. The molecule has 1 aliphatic carbocycles. The van der Waals surface area contributed by atoms with Crippen molar-refractivity contribution in [1.82, 2.24) is 9.55 Å². The molecule has 2 aromatic carbocycles. The van der Waals surface area contributed by atoms with Gasteiger partial charge in [0.2, 0.25) is 5.95 Å². The van der Waals surface area contributed by atoms with Crippen molar-refractivity contribution in [3.05, 3.63) is 47.0 Å². The maximum absolute atomic E-state index is 12.6. The number of aliphatic carboxylic acids is 1. The van der Waals surface area contributed by atoms with Gasteiger partial charge in [-0.05, 0) is 63.3 Å². The number of carboxylic acid groups (broad SMARTS) is 1. The van der Waals surface area contributed by atoms with E-state index < -0.39 is 5.97 Å². The number of hydrogen-bond acceptors (Lipinski definition) is 5. The van der Waals surface area contributed by atoms with Gasteiger partial charge in [-0.25, -0.2) is 9.78 Å². The zero-order valence-corrected chi connectivity index (χ0v) is 21.5. The van der Waals surface area contributed by atoms with E-state index in [1.54, 1.807) is 4.90 Å². The summed E-state index contributed by atoms with van der Waals surface area (Å²) in [7, 11) is 3.33. The first-order chi connectivity index (χ1) is 17.3. The molecule has 1 N–H and O–H groups in total. The number of fused-ring (bicyclic) bond motifs is 3. The minimum absolute atomic E-state index is 0.0120. The first-order valence-electron chi connectivity index (χ1n) is 12.4. The summed E-state index contributed by atoms with van der Waals surface area (Å²) in [4.78, 5) is 33.3. The van der Waals surface area contributed by atoms with Crippen molar-refractivity contribution < 1.29 is 19.4 Å². The second kappa shape index (κ2) is 9.65. The monoisotopic (exact) mass is 510 g/mol. The Morgan fingerprint density at radius 2 is 1.94 bits per heavy atom. The van der Waals surface area contributed by atoms with Gasteiger partial charge >= 0.3 is 12.1 Å². The standard InChI is InChI=1S/C27H31ClN4O4/c1-16-11-12-19-21(31(16)27(35)36-3)13-14-23-24(19)29-26(30(2)22-10-5-4-9-20(22)28)32(23)18-8-6-7-17(15-18)25(33)34/h4-5,9-10,13-14,16-18H,6-8,11-12,15H2,1-3H3,(H,33,34)/t16?,17-,18-/m1/s1. The molecule has 0 radical (unpaired) electrons. The van der Waals surface area contributed by atoms with Gasteiger partial charge in [0.05, 0.1) is 40.5 Å². The third-order valence-corrected chi connectivity index (χ3v) is 8.00. The number of rotatable bonds is 4. The predicted molar refractivity (Wildman–Crippen MR) is 141 cm³/mol. The summed E-state index contributed by atoms with van der Waals surface area (Å²) in [5.74, 6) is -0.413. The molecule has 3 aromatic rings. The number of amides is 1.